The van der Waals surface area contributed by atoms with Crippen LogP contribution >= 0.6 is 0 Å². The minimum Gasteiger partial charge on any atom is -0.397 e. The second kappa shape index (κ2) is 4.77. The summed E-state index contributed by atoms with van der Waals surface area (Å²) in [5.41, 5.74) is 9.21. The van der Waals surface area contributed by atoms with Crippen molar-refractivity contribution < 1.29 is 0 Å². The van der Waals surface area contributed by atoms with Gasteiger partial charge in [-0.25, -0.2) is 0 Å². The monoisotopic (exact) mass is 218 g/mol. The van der Waals surface area contributed by atoms with E-state index < -0.39 is 0 Å². The molecule has 0 amide bonds. The van der Waals surface area contributed by atoms with Crippen molar-refractivity contribution in [3.63, 3.8) is 0 Å². The van der Waals surface area contributed by atoms with E-state index in [1.54, 1.807) is 0 Å². The van der Waals surface area contributed by atoms with Crippen LogP contribution in [0, 0.1) is 12.8 Å². The highest BCUT2D eigenvalue weighted by molar-refractivity contribution is 5.67. The van der Waals surface area contributed by atoms with Crippen LogP contribution < -0.4 is 11.1 Å². The van der Waals surface area contributed by atoms with E-state index in [0.29, 0.717) is 6.04 Å². The topological polar surface area (TPSA) is 38.0 Å². The van der Waals surface area contributed by atoms with Crippen LogP contribution in [0.1, 0.15) is 38.2 Å². The van der Waals surface area contributed by atoms with E-state index >= 15 is 0 Å². The summed E-state index contributed by atoms with van der Waals surface area (Å²) >= 11 is 0. The van der Waals surface area contributed by atoms with Gasteiger partial charge in [0, 0.05) is 6.04 Å². The van der Waals surface area contributed by atoms with Crippen molar-refractivity contribution in [2.24, 2.45) is 5.92 Å². The number of hydrogen-bond acceptors (Lipinski definition) is 2. The Labute approximate surface area is 98.2 Å². The van der Waals surface area contributed by atoms with Gasteiger partial charge in [0.05, 0.1) is 11.4 Å². The summed E-state index contributed by atoms with van der Waals surface area (Å²) < 4.78 is 0. The Bertz CT molecular complexity index is 352. The molecule has 88 valence electrons. The van der Waals surface area contributed by atoms with Gasteiger partial charge in [-0.3, -0.25) is 0 Å². The number of nitrogens with one attached hydrogen (secondary N) is 1. The first kappa shape index (κ1) is 11.3. The van der Waals surface area contributed by atoms with Crippen molar-refractivity contribution in [1.82, 2.24) is 0 Å². The summed E-state index contributed by atoms with van der Waals surface area (Å²) in [5.74, 6) is 0.896. The molecule has 1 aromatic carbocycles. The van der Waals surface area contributed by atoms with Gasteiger partial charge in [-0.1, -0.05) is 13.0 Å². The molecule has 0 heterocycles. The smallest absolute Gasteiger partial charge is 0.0578 e. The van der Waals surface area contributed by atoms with Crippen molar-refractivity contribution in [3.05, 3.63) is 23.8 Å². The van der Waals surface area contributed by atoms with E-state index in [1.165, 1.54) is 31.2 Å². The highest BCUT2D eigenvalue weighted by Crippen LogP contribution is 2.28. The minimum atomic E-state index is 0.611. The first-order valence-corrected chi connectivity index (χ1v) is 6.28. The molecule has 0 spiro atoms. The van der Waals surface area contributed by atoms with Gasteiger partial charge in [0.2, 0.25) is 0 Å². The van der Waals surface area contributed by atoms with Crippen molar-refractivity contribution in [3.8, 4) is 0 Å². The fourth-order valence-electron chi connectivity index (χ4n) is 2.42. The lowest BCUT2D eigenvalue weighted by atomic mass is 9.87. The zero-order chi connectivity index (χ0) is 11.5. The average molecular weight is 218 g/mol. The molecule has 2 nitrogen and oxygen atoms in total. The van der Waals surface area contributed by atoms with Crippen molar-refractivity contribution in [1.29, 1.82) is 0 Å². The highest BCUT2D eigenvalue weighted by Gasteiger charge is 2.18. The second-order valence-electron chi connectivity index (χ2n) is 5.19. The van der Waals surface area contributed by atoms with Gasteiger partial charge in [-0.2, -0.15) is 0 Å². The SMILES string of the molecule is Cc1ccc(N)c(NC2CCC(C)CC2)c1. The Morgan fingerprint density at radius 2 is 1.88 bits per heavy atom. The molecular weight excluding hydrogens is 196 g/mol. The number of anilines is 2. The third kappa shape index (κ3) is 2.69. The van der Waals surface area contributed by atoms with E-state index in [2.05, 4.69) is 31.3 Å². The van der Waals surface area contributed by atoms with Gasteiger partial charge in [0.15, 0.2) is 0 Å². The Morgan fingerprint density at radius 3 is 2.56 bits per heavy atom. The molecule has 0 aliphatic heterocycles. The first-order chi connectivity index (χ1) is 7.65. The van der Waals surface area contributed by atoms with E-state index in [4.69, 9.17) is 5.73 Å². The molecule has 1 aliphatic rings. The lowest BCUT2D eigenvalue weighted by Gasteiger charge is -2.28. The average Bonchev–Trinajstić information content (AvgIpc) is 2.27. The Morgan fingerprint density at radius 1 is 1.19 bits per heavy atom. The lowest BCUT2D eigenvalue weighted by molar-refractivity contribution is 0.361. The van der Waals surface area contributed by atoms with E-state index in [9.17, 15) is 0 Å². The molecule has 0 saturated heterocycles. The van der Waals surface area contributed by atoms with Crippen molar-refractivity contribution >= 4 is 11.4 Å². The summed E-state index contributed by atoms with van der Waals surface area (Å²) in [6.07, 6.45) is 5.22. The maximum Gasteiger partial charge on any atom is 0.0578 e. The molecule has 16 heavy (non-hydrogen) atoms. The quantitative estimate of drug-likeness (QED) is 0.745. The largest absolute Gasteiger partial charge is 0.397 e. The molecule has 0 radical (unpaired) electrons. The van der Waals surface area contributed by atoms with Crippen LogP contribution in [0.3, 0.4) is 0 Å². The molecule has 0 aromatic heterocycles. The first-order valence-electron chi connectivity index (χ1n) is 6.28. The molecule has 2 heteroatoms. The van der Waals surface area contributed by atoms with Crippen LogP contribution in [0.25, 0.3) is 0 Å². The van der Waals surface area contributed by atoms with Gasteiger partial charge >= 0.3 is 0 Å². The minimum absolute atomic E-state index is 0.611. The molecular formula is C14H22N2. The van der Waals surface area contributed by atoms with Crippen LogP contribution in [-0.2, 0) is 0 Å². The number of hydrogen-bond donors (Lipinski definition) is 2. The molecule has 1 saturated carbocycles. The van der Waals surface area contributed by atoms with Gasteiger partial charge in [0.25, 0.3) is 0 Å². The number of nitrogen functional groups attached to an aromatic ring is 1. The van der Waals surface area contributed by atoms with Crippen LogP contribution in [0.2, 0.25) is 0 Å². The fraction of sp³-hybridized carbons (Fsp3) is 0.571. The van der Waals surface area contributed by atoms with Crippen LogP contribution in [-0.4, -0.2) is 6.04 Å². The predicted molar refractivity (Wildman–Crippen MR) is 70.6 cm³/mol. The molecule has 1 fully saturated rings. The fourth-order valence-corrected chi connectivity index (χ4v) is 2.42. The lowest BCUT2D eigenvalue weighted by Crippen LogP contribution is -2.25. The summed E-state index contributed by atoms with van der Waals surface area (Å²) in [4.78, 5) is 0. The molecule has 1 aliphatic carbocycles. The Hall–Kier alpha value is -1.18. The zero-order valence-electron chi connectivity index (χ0n) is 10.3. The zero-order valence-corrected chi connectivity index (χ0v) is 10.3. The Kier molecular flexibility index (Phi) is 3.37. The number of benzene rings is 1. The van der Waals surface area contributed by atoms with Crippen LogP contribution in [0.5, 0.6) is 0 Å². The summed E-state index contributed by atoms with van der Waals surface area (Å²) in [5, 5.41) is 3.59. The number of aryl methyl sites for hydroxylation is 1. The number of rotatable bonds is 2. The van der Waals surface area contributed by atoms with Gasteiger partial charge in [-0.05, 0) is 56.2 Å². The standard InChI is InChI=1S/C14H22N2/c1-10-3-6-12(7-4-10)16-14-9-11(2)5-8-13(14)15/h5,8-10,12,16H,3-4,6-7,15H2,1-2H3. The molecule has 2 rings (SSSR count). The molecule has 0 unspecified atom stereocenters. The van der Waals surface area contributed by atoms with Gasteiger partial charge < -0.3 is 11.1 Å². The molecule has 0 bridgehead atoms. The van der Waals surface area contributed by atoms with Crippen molar-refractivity contribution in [2.45, 2.75) is 45.6 Å². The van der Waals surface area contributed by atoms with Crippen LogP contribution in [0.15, 0.2) is 18.2 Å². The second-order valence-corrected chi connectivity index (χ2v) is 5.19. The summed E-state index contributed by atoms with van der Waals surface area (Å²) in [6.45, 7) is 4.45. The maximum atomic E-state index is 5.97. The normalized spacial score (nSPS) is 25.4. The van der Waals surface area contributed by atoms with Gasteiger partial charge in [0.1, 0.15) is 0 Å². The molecule has 3 N–H and O–H groups in total. The third-order valence-corrected chi connectivity index (χ3v) is 3.58. The van der Waals surface area contributed by atoms with E-state index in [0.717, 1.165) is 17.3 Å². The summed E-state index contributed by atoms with van der Waals surface area (Å²) in [6, 6.07) is 6.81. The van der Waals surface area contributed by atoms with E-state index in [1.807, 2.05) is 6.07 Å². The third-order valence-electron chi connectivity index (χ3n) is 3.58. The predicted octanol–water partition coefficient (Wildman–Crippen LogP) is 3.57. The molecule has 1 aromatic rings. The van der Waals surface area contributed by atoms with Crippen molar-refractivity contribution in [2.75, 3.05) is 11.1 Å². The number of nitrogens with two attached hydrogens (primary N) is 1. The van der Waals surface area contributed by atoms with Gasteiger partial charge in [-0.15, -0.1) is 0 Å². The maximum absolute atomic E-state index is 5.97. The molecule has 0 atom stereocenters. The Balaban J connectivity index is 2.00. The summed E-state index contributed by atoms with van der Waals surface area (Å²) in [7, 11) is 0. The highest BCUT2D eigenvalue weighted by atomic mass is 14.9. The van der Waals surface area contributed by atoms with Crippen LogP contribution in [0.4, 0.5) is 11.4 Å². The van der Waals surface area contributed by atoms with E-state index in [-0.39, 0.29) is 0 Å².